The molecular formula is C23H18N2O. The Kier molecular flexibility index (Phi) is 4.35. The lowest BCUT2D eigenvalue weighted by atomic mass is 10.1. The standard InChI is InChI=1S/C23H18N2O/c26-23(19-11-10-17-6-4-5-7-18(17)16-19)25-22-14-12-21(13-15-22)24-20-8-2-1-3-9-20/h1-16,24H,(H,25,26). The van der Waals surface area contributed by atoms with Crippen molar-refractivity contribution in [2.45, 2.75) is 0 Å². The van der Waals surface area contributed by atoms with Gasteiger partial charge in [-0.05, 0) is 59.3 Å². The van der Waals surface area contributed by atoms with Gasteiger partial charge < -0.3 is 10.6 Å². The second kappa shape index (κ2) is 7.11. The maximum absolute atomic E-state index is 12.5. The summed E-state index contributed by atoms with van der Waals surface area (Å²) in [4.78, 5) is 12.5. The Morgan fingerprint density at radius 1 is 0.577 bits per heavy atom. The van der Waals surface area contributed by atoms with Crippen molar-refractivity contribution in [1.29, 1.82) is 0 Å². The molecule has 0 bridgehead atoms. The van der Waals surface area contributed by atoms with Crippen molar-refractivity contribution in [3.8, 4) is 0 Å². The predicted octanol–water partition coefficient (Wildman–Crippen LogP) is 5.84. The van der Waals surface area contributed by atoms with Crippen molar-refractivity contribution >= 4 is 33.7 Å². The molecule has 0 aliphatic rings. The molecule has 4 aromatic rings. The van der Waals surface area contributed by atoms with E-state index >= 15 is 0 Å². The number of rotatable bonds is 4. The van der Waals surface area contributed by atoms with E-state index in [-0.39, 0.29) is 5.91 Å². The van der Waals surface area contributed by atoms with Crippen LogP contribution < -0.4 is 10.6 Å². The topological polar surface area (TPSA) is 41.1 Å². The Morgan fingerprint density at radius 2 is 1.19 bits per heavy atom. The number of anilines is 3. The first-order valence-electron chi connectivity index (χ1n) is 8.50. The van der Waals surface area contributed by atoms with Crippen LogP contribution in [-0.2, 0) is 0 Å². The second-order valence-electron chi connectivity index (χ2n) is 6.08. The van der Waals surface area contributed by atoms with Crippen LogP contribution in [0, 0.1) is 0 Å². The van der Waals surface area contributed by atoms with E-state index in [0.717, 1.165) is 27.8 Å². The maximum Gasteiger partial charge on any atom is 0.255 e. The van der Waals surface area contributed by atoms with Crippen LogP contribution in [-0.4, -0.2) is 5.91 Å². The van der Waals surface area contributed by atoms with Crippen molar-refractivity contribution in [2.75, 3.05) is 10.6 Å². The first kappa shape index (κ1) is 15.9. The monoisotopic (exact) mass is 338 g/mol. The van der Waals surface area contributed by atoms with E-state index in [4.69, 9.17) is 0 Å². The molecule has 0 aliphatic heterocycles. The molecule has 0 atom stereocenters. The van der Waals surface area contributed by atoms with E-state index < -0.39 is 0 Å². The molecule has 1 amide bonds. The lowest BCUT2D eigenvalue weighted by Gasteiger charge is -2.09. The van der Waals surface area contributed by atoms with Crippen molar-refractivity contribution in [1.82, 2.24) is 0 Å². The number of nitrogens with one attached hydrogen (secondary N) is 2. The molecule has 0 spiro atoms. The van der Waals surface area contributed by atoms with Crippen molar-refractivity contribution in [3.63, 3.8) is 0 Å². The zero-order valence-electron chi connectivity index (χ0n) is 14.1. The first-order valence-corrected chi connectivity index (χ1v) is 8.50. The Labute approximate surface area is 152 Å². The fourth-order valence-electron chi connectivity index (χ4n) is 2.86. The number of hydrogen-bond acceptors (Lipinski definition) is 2. The smallest absolute Gasteiger partial charge is 0.255 e. The highest BCUT2D eigenvalue weighted by molar-refractivity contribution is 6.06. The third-order valence-electron chi connectivity index (χ3n) is 4.22. The van der Waals surface area contributed by atoms with Gasteiger partial charge in [0.1, 0.15) is 0 Å². The number of amides is 1. The summed E-state index contributed by atoms with van der Waals surface area (Å²) < 4.78 is 0. The fourth-order valence-corrected chi connectivity index (χ4v) is 2.86. The van der Waals surface area contributed by atoms with Gasteiger partial charge >= 0.3 is 0 Å². The minimum absolute atomic E-state index is 0.112. The average molecular weight is 338 g/mol. The summed E-state index contributed by atoms with van der Waals surface area (Å²) in [6.07, 6.45) is 0. The lowest BCUT2D eigenvalue weighted by Crippen LogP contribution is -2.11. The van der Waals surface area contributed by atoms with Crippen molar-refractivity contribution in [3.05, 3.63) is 103 Å². The highest BCUT2D eigenvalue weighted by atomic mass is 16.1. The third kappa shape index (κ3) is 3.57. The highest BCUT2D eigenvalue weighted by Gasteiger charge is 2.07. The van der Waals surface area contributed by atoms with Crippen molar-refractivity contribution in [2.24, 2.45) is 0 Å². The molecule has 0 heterocycles. The SMILES string of the molecule is O=C(Nc1ccc(Nc2ccccc2)cc1)c1ccc2ccccc2c1. The van der Waals surface area contributed by atoms with Crippen LogP contribution in [0.1, 0.15) is 10.4 Å². The van der Waals surface area contributed by atoms with E-state index in [0.29, 0.717) is 5.56 Å². The number of para-hydroxylation sites is 1. The van der Waals surface area contributed by atoms with E-state index in [1.807, 2.05) is 97.1 Å². The quantitative estimate of drug-likeness (QED) is 0.491. The molecule has 0 aromatic heterocycles. The Hall–Kier alpha value is -3.59. The summed E-state index contributed by atoms with van der Waals surface area (Å²) in [6.45, 7) is 0. The van der Waals surface area contributed by atoms with Gasteiger partial charge in [-0.15, -0.1) is 0 Å². The van der Waals surface area contributed by atoms with Crippen LogP contribution >= 0.6 is 0 Å². The predicted molar refractivity (Wildman–Crippen MR) is 108 cm³/mol. The van der Waals surface area contributed by atoms with Gasteiger partial charge in [0.15, 0.2) is 0 Å². The van der Waals surface area contributed by atoms with Crippen LogP contribution in [0.25, 0.3) is 10.8 Å². The van der Waals surface area contributed by atoms with E-state index in [2.05, 4.69) is 10.6 Å². The largest absolute Gasteiger partial charge is 0.356 e. The molecule has 0 unspecified atom stereocenters. The molecule has 26 heavy (non-hydrogen) atoms. The fraction of sp³-hybridized carbons (Fsp3) is 0. The van der Waals surface area contributed by atoms with Gasteiger partial charge in [-0.2, -0.15) is 0 Å². The van der Waals surface area contributed by atoms with Gasteiger partial charge in [-0.25, -0.2) is 0 Å². The Bertz CT molecular complexity index is 1040. The van der Waals surface area contributed by atoms with Gasteiger partial charge in [0.05, 0.1) is 0 Å². The van der Waals surface area contributed by atoms with Gasteiger partial charge in [-0.3, -0.25) is 4.79 Å². The van der Waals surface area contributed by atoms with Crippen LogP contribution in [0.2, 0.25) is 0 Å². The van der Waals surface area contributed by atoms with Gasteiger partial charge in [-0.1, -0.05) is 48.5 Å². The minimum atomic E-state index is -0.112. The molecule has 3 heteroatoms. The normalized spacial score (nSPS) is 10.5. The molecule has 4 rings (SSSR count). The lowest BCUT2D eigenvalue weighted by molar-refractivity contribution is 0.102. The summed E-state index contributed by atoms with van der Waals surface area (Å²) >= 11 is 0. The van der Waals surface area contributed by atoms with Crippen LogP contribution in [0.5, 0.6) is 0 Å². The zero-order valence-corrected chi connectivity index (χ0v) is 14.1. The Morgan fingerprint density at radius 3 is 1.96 bits per heavy atom. The molecular weight excluding hydrogens is 320 g/mol. The number of carbonyl (C=O) groups excluding carboxylic acids is 1. The van der Waals surface area contributed by atoms with Crippen LogP contribution in [0.3, 0.4) is 0 Å². The van der Waals surface area contributed by atoms with Crippen molar-refractivity contribution < 1.29 is 4.79 Å². The zero-order chi connectivity index (χ0) is 17.8. The summed E-state index contributed by atoms with van der Waals surface area (Å²) in [6, 6.07) is 31.4. The van der Waals surface area contributed by atoms with Gasteiger partial charge in [0, 0.05) is 22.6 Å². The molecule has 126 valence electrons. The van der Waals surface area contributed by atoms with E-state index in [1.54, 1.807) is 0 Å². The number of fused-ring (bicyclic) bond motifs is 1. The minimum Gasteiger partial charge on any atom is -0.356 e. The van der Waals surface area contributed by atoms with Crippen LogP contribution in [0.4, 0.5) is 17.1 Å². The molecule has 4 aromatic carbocycles. The van der Waals surface area contributed by atoms with Gasteiger partial charge in [0.25, 0.3) is 5.91 Å². The molecule has 2 N–H and O–H groups in total. The first-order chi connectivity index (χ1) is 12.8. The average Bonchev–Trinajstić information content (AvgIpc) is 2.70. The number of benzene rings is 4. The molecule has 0 saturated heterocycles. The highest BCUT2D eigenvalue weighted by Crippen LogP contribution is 2.20. The summed E-state index contributed by atoms with van der Waals surface area (Å²) in [7, 11) is 0. The summed E-state index contributed by atoms with van der Waals surface area (Å²) in [5.74, 6) is -0.112. The van der Waals surface area contributed by atoms with Gasteiger partial charge in [0.2, 0.25) is 0 Å². The van der Waals surface area contributed by atoms with Crippen LogP contribution in [0.15, 0.2) is 97.1 Å². The number of carbonyl (C=O) groups is 1. The van der Waals surface area contributed by atoms with E-state index in [1.165, 1.54) is 0 Å². The molecule has 0 saturated carbocycles. The third-order valence-corrected chi connectivity index (χ3v) is 4.22. The summed E-state index contributed by atoms with van der Waals surface area (Å²) in [5, 5.41) is 8.45. The number of hydrogen-bond donors (Lipinski definition) is 2. The summed E-state index contributed by atoms with van der Waals surface area (Å²) in [5.41, 5.74) is 3.41. The maximum atomic E-state index is 12.5. The molecule has 0 fully saturated rings. The molecule has 0 aliphatic carbocycles. The van der Waals surface area contributed by atoms with E-state index in [9.17, 15) is 4.79 Å². The molecule has 0 radical (unpaired) electrons. The second-order valence-corrected chi connectivity index (χ2v) is 6.08. The Balaban J connectivity index is 1.46. The molecule has 3 nitrogen and oxygen atoms in total.